The van der Waals surface area contributed by atoms with Crippen LogP contribution >= 0.6 is 0 Å². The number of benzene rings is 1. The van der Waals surface area contributed by atoms with Crippen LogP contribution in [0.3, 0.4) is 0 Å². The lowest BCUT2D eigenvalue weighted by molar-refractivity contribution is 0.726. The third kappa shape index (κ3) is 3.41. The number of hydrogen-bond acceptors (Lipinski definition) is 3. The van der Waals surface area contributed by atoms with Crippen LogP contribution in [0.25, 0.3) is 5.69 Å². The zero-order valence-electron chi connectivity index (χ0n) is 11.7. The molecule has 4 heteroatoms. The fourth-order valence-electron chi connectivity index (χ4n) is 2.17. The van der Waals surface area contributed by atoms with E-state index in [1.807, 2.05) is 16.9 Å². The molecular formula is C15H22N4. The third-order valence-corrected chi connectivity index (χ3v) is 3.23. The van der Waals surface area contributed by atoms with Crippen LogP contribution < -0.4 is 5.73 Å². The summed E-state index contributed by atoms with van der Waals surface area (Å²) in [6.45, 7) is 5.13. The molecule has 0 aliphatic carbocycles. The van der Waals surface area contributed by atoms with Gasteiger partial charge in [0.25, 0.3) is 0 Å². The second-order valence-corrected chi connectivity index (χ2v) is 5.11. The van der Waals surface area contributed by atoms with Crippen LogP contribution in [0.15, 0.2) is 30.5 Å². The molecule has 0 radical (unpaired) electrons. The van der Waals surface area contributed by atoms with E-state index in [-0.39, 0.29) is 0 Å². The Labute approximate surface area is 114 Å². The van der Waals surface area contributed by atoms with Gasteiger partial charge in [0.05, 0.1) is 17.6 Å². The topological polar surface area (TPSA) is 56.7 Å². The normalized spacial score (nSPS) is 11.2. The third-order valence-electron chi connectivity index (χ3n) is 3.23. The monoisotopic (exact) mass is 258 g/mol. The molecule has 0 amide bonds. The number of nitrogens with two attached hydrogens (primary N) is 1. The number of aryl methyl sites for hydroxylation is 1. The average molecular weight is 258 g/mol. The summed E-state index contributed by atoms with van der Waals surface area (Å²) in [5.74, 6) is 0.473. The van der Waals surface area contributed by atoms with Gasteiger partial charge in [-0.25, -0.2) is 4.68 Å². The first-order valence-electron chi connectivity index (χ1n) is 6.93. The lowest BCUT2D eigenvalue weighted by Crippen LogP contribution is -2.01. The Hall–Kier alpha value is -1.68. The molecule has 0 aliphatic rings. The molecule has 4 nitrogen and oxygen atoms in total. The van der Waals surface area contributed by atoms with Crippen LogP contribution in [-0.4, -0.2) is 21.5 Å². The van der Waals surface area contributed by atoms with Crippen molar-refractivity contribution in [1.29, 1.82) is 0 Å². The van der Waals surface area contributed by atoms with Crippen LogP contribution in [0.5, 0.6) is 0 Å². The van der Waals surface area contributed by atoms with Crippen molar-refractivity contribution in [3.8, 4) is 5.69 Å². The van der Waals surface area contributed by atoms with E-state index in [4.69, 9.17) is 5.73 Å². The Morgan fingerprint density at radius 3 is 2.74 bits per heavy atom. The van der Waals surface area contributed by atoms with E-state index < -0.39 is 0 Å². The molecule has 0 fully saturated rings. The van der Waals surface area contributed by atoms with Gasteiger partial charge in [-0.3, -0.25) is 0 Å². The Morgan fingerprint density at radius 2 is 2.00 bits per heavy atom. The summed E-state index contributed by atoms with van der Waals surface area (Å²) in [5.41, 5.74) is 8.95. The number of hydrogen-bond donors (Lipinski definition) is 1. The first kappa shape index (κ1) is 13.7. The molecule has 2 aromatic rings. The van der Waals surface area contributed by atoms with E-state index in [2.05, 4.69) is 42.4 Å². The van der Waals surface area contributed by atoms with Gasteiger partial charge in [-0.15, -0.1) is 5.10 Å². The van der Waals surface area contributed by atoms with E-state index in [9.17, 15) is 0 Å². The van der Waals surface area contributed by atoms with Crippen LogP contribution in [0.2, 0.25) is 0 Å². The lowest BCUT2D eigenvalue weighted by atomic mass is 10.0. The molecule has 1 heterocycles. The zero-order chi connectivity index (χ0) is 13.7. The Bertz CT molecular complexity index is 516. The van der Waals surface area contributed by atoms with E-state index in [1.165, 1.54) is 5.56 Å². The van der Waals surface area contributed by atoms with Crippen molar-refractivity contribution in [2.24, 2.45) is 5.73 Å². The number of nitrogens with zero attached hydrogens (tertiary/aromatic N) is 3. The quantitative estimate of drug-likeness (QED) is 0.810. The zero-order valence-corrected chi connectivity index (χ0v) is 11.7. The van der Waals surface area contributed by atoms with Gasteiger partial charge in [0.2, 0.25) is 0 Å². The number of aromatic nitrogens is 3. The predicted octanol–water partition coefficient (Wildman–Crippen LogP) is 2.67. The van der Waals surface area contributed by atoms with E-state index in [0.717, 1.165) is 37.2 Å². The molecule has 0 aliphatic heterocycles. The maximum absolute atomic E-state index is 5.50. The molecule has 0 saturated heterocycles. The van der Waals surface area contributed by atoms with Gasteiger partial charge < -0.3 is 5.73 Å². The van der Waals surface area contributed by atoms with Crippen LogP contribution in [0.1, 0.15) is 43.9 Å². The van der Waals surface area contributed by atoms with Crippen LogP contribution in [-0.2, 0) is 6.42 Å². The Kier molecular flexibility index (Phi) is 4.68. The molecule has 2 rings (SSSR count). The highest BCUT2D eigenvalue weighted by molar-refractivity contribution is 5.42. The summed E-state index contributed by atoms with van der Waals surface area (Å²) in [5, 5.41) is 8.48. The number of para-hydroxylation sites is 1. The summed E-state index contributed by atoms with van der Waals surface area (Å²) in [4.78, 5) is 0. The molecule has 19 heavy (non-hydrogen) atoms. The SMILES string of the molecule is CC(C)c1ccccc1-n1cc(CCCCN)nn1. The van der Waals surface area contributed by atoms with Crippen molar-refractivity contribution in [2.75, 3.05) is 6.54 Å². The summed E-state index contributed by atoms with van der Waals surface area (Å²) in [6, 6.07) is 8.35. The van der Waals surface area contributed by atoms with Gasteiger partial charge >= 0.3 is 0 Å². The minimum absolute atomic E-state index is 0.473. The minimum atomic E-state index is 0.473. The Morgan fingerprint density at radius 1 is 1.21 bits per heavy atom. The molecular weight excluding hydrogens is 236 g/mol. The van der Waals surface area contributed by atoms with Crippen LogP contribution in [0, 0.1) is 0 Å². The molecule has 0 atom stereocenters. The van der Waals surface area contributed by atoms with Crippen LogP contribution in [0.4, 0.5) is 0 Å². The number of rotatable bonds is 6. The van der Waals surface area contributed by atoms with Crippen molar-refractivity contribution in [1.82, 2.24) is 15.0 Å². The average Bonchev–Trinajstić information content (AvgIpc) is 2.88. The van der Waals surface area contributed by atoms with Gasteiger partial charge in [-0.2, -0.15) is 0 Å². The molecule has 0 bridgehead atoms. The number of unbranched alkanes of at least 4 members (excludes halogenated alkanes) is 1. The molecule has 1 aromatic carbocycles. The van der Waals surface area contributed by atoms with Gasteiger partial charge in [-0.05, 0) is 43.4 Å². The van der Waals surface area contributed by atoms with Gasteiger partial charge in [0.1, 0.15) is 0 Å². The fraction of sp³-hybridized carbons (Fsp3) is 0.467. The predicted molar refractivity (Wildman–Crippen MR) is 77.4 cm³/mol. The highest BCUT2D eigenvalue weighted by Gasteiger charge is 2.09. The van der Waals surface area contributed by atoms with Crippen molar-refractivity contribution >= 4 is 0 Å². The maximum Gasteiger partial charge on any atom is 0.0831 e. The molecule has 2 N–H and O–H groups in total. The summed E-state index contributed by atoms with van der Waals surface area (Å²) >= 11 is 0. The molecule has 0 spiro atoms. The van der Waals surface area contributed by atoms with Crippen molar-refractivity contribution < 1.29 is 0 Å². The van der Waals surface area contributed by atoms with Gasteiger partial charge in [0, 0.05) is 0 Å². The van der Waals surface area contributed by atoms with E-state index in [0.29, 0.717) is 5.92 Å². The standard InChI is InChI=1S/C15H22N4/c1-12(2)14-8-3-4-9-15(14)19-11-13(17-18-19)7-5-6-10-16/h3-4,8-9,11-12H,5-7,10,16H2,1-2H3. The Balaban J connectivity index is 2.18. The second kappa shape index (κ2) is 6.48. The first-order chi connectivity index (χ1) is 9.22. The van der Waals surface area contributed by atoms with Gasteiger partial charge in [0.15, 0.2) is 0 Å². The lowest BCUT2D eigenvalue weighted by Gasteiger charge is -2.11. The molecule has 102 valence electrons. The summed E-state index contributed by atoms with van der Waals surface area (Å²) in [6.07, 6.45) is 5.08. The second-order valence-electron chi connectivity index (χ2n) is 5.11. The summed E-state index contributed by atoms with van der Waals surface area (Å²) in [7, 11) is 0. The maximum atomic E-state index is 5.50. The highest BCUT2D eigenvalue weighted by atomic mass is 15.4. The summed E-state index contributed by atoms with van der Waals surface area (Å²) < 4.78 is 1.88. The minimum Gasteiger partial charge on any atom is -0.330 e. The molecule has 1 aromatic heterocycles. The van der Waals surface area contributed by atoms with E-state index >= 15 is 0 Å². The fourth-order valence-corrected chi connectivity index (χ4v) is 2.17. The van der Waals surface area contributed by atoms with Crippen molar-refractivity contribution in [2.45, 2.75) is 39.0 Å². The smallest absolute Gasteiger partial charge is 0.0831 e. The molecule has 0 saturated carbocycles. The van der Waals surface area contributed by atoms with Crippen molar-refractivity contribution in [3.05, 3.63) is 41.7 Å². The van der Waals surface area contributed by atoms with Gasteiger partial charge in [-0.1, -0.05) is 37.3 Å². The molecule has 0 unspecified atom stereocenters. The first-order valence-corrected chi connectivity index (χ1v) is 6.93. The largest absolute Gasteiger partial charge is 0.330 e. The van der Waals surface area contributed by atoms with Crippen molar-refractivity contribution in [3.63, 3.8) is 0 Å². The highest BCUT2D eigenvalue weighted by Crippen LogP contribution is 2.22. The van der Waals surface area contributed by atoms with E-state index in [1.54, 1.807) is 0 Å².